The molecule has 4 N–H and O–H groups in total. The number of carbonyl (C=O) groups is 1. The lowest BCUT2D eigenvalue weighted by atomic mass is 9.88. The van der Waals surface area contributed by atoms with E-state index in [9.17, 15) is 30.0 Å². The molecule has 9 heteroatoms. The van der Waals surface area contributed by atoms with Gasteiger partial charge in [-0.25, -0.2) is 0 Å². The molecule has 3 aromatic rings. The Kier molecular flexibility index (Phi) is 4.93. The van der Waals surface area contributed by atoms with Crippen molar-refractivity contribution in [3.05, 3.63) is 52.2 Å². The summed E-state index contributed by atoms with van der Waals surface area (Å²) in [6.45, 7) is 0.976. The third-order valence-corrected chi connectivity index (χ3v) is 6.29. The normalized spacial score (nSPS) is 26.0. The van der Waals surface area contributed by atoms with Gasteiger partial charge in [-0.15, -0.1) is 0 Å². The van der Waals surface area contributed by atoms with Gasteiger partial charge < -0.3 is 39.1 Å². The van der Waals surface area contributed by atoms with Crippen LogP contribution in [0.4, 0.5) is 0 Å². The van der Waals surface area contributed by atoms with Crippen LogP contribution in [0, 0.1) is 5.92 Å². The molecule has 1 aromatic heterocycles. The minimum atomic E-state index is -1.59. The molecular weight excluding hydrogens is 432 g/mol. The van der Waals surface area contributed by atoms with Gasteiger partial charge in [-0.05, 0) is 31.2 Å². The highest BCUT2D eigenvalue weighted by molar-refractivity contribution is 5.90. The second kappa shape index (κ2) is 7.58. The number of aromatic hydroxyl groups is 2. The number of ketones is 1. The molecule has 1 saturated heterocycles. The largest absolute Gasteiger partial charge is 0.508 e. The number of fused-ring (bicyclic) bond motifs is 3. The van der Waals surface area contributed by atoms with Crippen molar-refractivity contribution in [2.24, 2.45) is 5.92 Å². The molecule has 0 radical (unpaired) electrons. The Hall–Kier alpha value is -3.40. The van der Waals surface area contributed by atoms with Gasteiger partial charge in [0.2, 0.25) is 5.79 Å². The first-order valence-electron chi connectivity index (χ1n) is 10.5. The van der Waals surface area contributed by atoms with Gasteiger partial charge in [0.25, 0.3) is 0 Å². The minimum absolute atomic E-state index is 0.0000694. The van der Waals surface area contributed by atoms with Gasteiger partial charge in [0.05, 0.1) is 12.7 Å². The summed E-state index contributed by atoms with van der Waals surface area (Å²) < 4.78 is 17.9. The summed E-state index contributed by atoms with van der Waals surface area (Å²) in [5, 5.41) is 40.8. The molecule has 1 spiro atoms. The average Bonchev–Trinajstić information content (AvgIpc) is 3.26. The maximum atomic E-state index is 12.8. The van der Waals surface area contributed by atoms with E-state index in [1.165, 1.54) is 31.2 Å². The first kappa shape index (κ1) is 21.4. The van der Waals surface area contributed by atoms with Crippen LogP contribution in [0.25, 0.3) is 22.3 Å². The highest BCUT2D eigenvalue weighted by atomic mass is 16.7. The van der Waals surface area contributed by atoms with E-state index in [4.69, 9.17) is 13.9 Å². The van der Waals surface area contributed by atoms with Crippen LogP contribution in [0.3, 0.4) is 0 Å². The summed E-state index contributed by atoms with van der Waals surface area (Å²) >= 11 is 0. The molecule has 2 aliphatic heterocycles. The molecule has 4 atom stereocenters. The van der Waals surface area contributed by atoms with E-state index < -0.39 is 35.9 Å². The van der Waals surface area contributed by atoms with Crippen molar-refractivity contribution in [3.8, 4) is 28.6 Å². The molecule has 33 heavy (non-hydrogen) atoms. The maximum Gasteiger partial charge on any atom is 0.241 e. The molecule has 172 valence electrons. The maximum absolute atomic E-state index is 12.8. The molecule has 3 heterocycles. The van der Waals surface area contributed by atoms with Crippen molar-refractivity contribution in [2.45, 2.75) is 37.8 Å². The first-order chi connectivity index (χ1) is 15.7. The van der Waals surface area contributed by atoms with Crippen molar-refractivity contribution in [3.63, 3.8) is 0 Å². The Balaban J connectivity index is 1.62. The molecule has 0 amide bonds. The number of hydrogen-bond donors (Lipinski definition) is 4. The number of carbonyl (C=O) groups excluding carboxylic acids is 1. The number of aliphatic hydroxyl groups is 2. The summed E-state index contributed by atoms with van der Waals surface area (Å²) in [6, 6.07) is 8.60. The molecular formula is C24H22O9. The van der Waals surface area contributed by atoms with E-state index >= 15 is 0 Å². The lowest BCUT2D eigenvalue weighted by Crippen LogP contribution is -2.46. The molecule has 2 aromatic carbocycles. The smallest absolute Gasteiger partial charge is 0.241 e. The molecule has 5 rings (SSSR count). The number of benzene rings is 2. The average molecular weight is 454 g/mol. The second-order valence-electron chi connectivity index (χ2n) is 8.54. The fourth-order valence-electron chi connectivity index (χ4n) is 4.76. The van der Waals surface area contributed by atoms with Crippen molar-refractivity contribution in [1.82, 2.24) is 0 Å². The van der Waals surface area contributed by atoms with Crippen LogP contribution in [-0.4, -0.2) is 50.8 Å². The van der Waals surface area contributed by atoms with Gasteiger partial charge in [0.15, 0.2) is 5.43 Å². The molecule has 0 saturated carbocycles. The molecule has 1 fully saturated rings. The lowest BCUT2D eigenvalue weighted by molar-refractivity contribution is -0.199. The molecule has 2 aliphatic rings. The zero-order valence-electron chi connectivity index (χ0n) is 17.6. The highest BCUT2D eigenvalue weighted by Crippen LogP contribution is 2.50. The number of Topliss-reactive ketones (excluding diaryl/α,β-unsaturated/α-hetero) is 1. The van der Waals surface area contributed by atoms with Gasteiger partial charge >= 0.3 is 0 Å². The summed E-state index contributed by atoms with van der Waals surface area (Å²) in [4.78, 5) is 24.5. The van der Waals surface area contributed by atoms with Crippen LogP contribution in [0.15, 0.2) is 45.6 Å². The van der Waals surface area contributed by atoms with E-state index in [1.807, 2.05) is 0 Å². The number of hydrogen-bond acceptors (Lipinski definition) is 9. The van der Waals surface area contributed by atoms with Crippen LogP contribution in [-0.2, 0) is 16.0 Å². The van der Waals surface area contributed by atoms with Crippen molar-refractivity contribution in [2.75, 3.05) is 6.61 Å². The van der Waals surface area contributed by atoms with Crippen molar-refractivity contribution < 1.29 is 39.1 Å². The van der Waals surface area contributed by atoms with Crippen LogP contribution in [0.1, 0.15) is 18.9 Å². The van der Waals surface area contributed by atoms with Crippen LogP contribution < -0.4 is 10.2 Å². The quantitative estimate of drug-likeness (QED) is 0.464. The van der Waals surface area contributed by atoms with Gasteiger partial charge in [-0.3, -0.25) is 4.79 Å². The Labute approximate surface area is 187 Å². The number of ether oxygens (including phenoxy) is 2. The topological polar surface area (TPSA) is 147 Å². The summed E-state index contributed by atoms with van der Waals surface area (Å²) in [5.41, 5.74) is 0.566. The Morgan fingerprint density at radius 2 is 1.91 bits per heavy atom. The van der Waals surface area contributed by atoms with Crippen LogP contribution >= 0.6 is 0 Å². The Morgan fingerprint density at radius 3 is 2.58 bits per heavy atom. The van der Waals surface area contributed by atoms with E-state index in [-0.39, 0.29) is 52.6 Å². The predicted octanol–water partition coefficient (Wildman–Crippen LogP) is 1.85. The van der Waals surface area contributed by atoms with E-state index in [2.05, 4.69) is 0 Å². The number of phenols is 2. The lowest BCUT2D eigenvalue weighted by Gasteiger charge is -2.27. The predicted molar refractivity (Wildman–Crippen MR) is 115 cm³/mol. The van der Waals surface area contributed by atoms with E-state index in [0.29, 0.717) is 11.1 Å². The third-order valence-electron chi connectivity index (χ3n) is 6.29. The molecule has 9 nitrogen and oxygen atoms in total. The number of rotatable bonds is 4. The van der Waals surface area contributed by atoms with Crippen molar-refractivity contribution >= 4 is 16.8 Å². The summed E-state index contributed by atoms with van der Waals surface area (Å²) in [6.07, 6.45) is -2.08. The minimum Gasteiger partial charge on any atom is -0.508 e. The fourth-order valence-corrected chi connectivity index (χ4v) is 4.76. The summed E-state index contributed by atoms with van der Waals surface area (Å²) in [5.74, 6) is -2.34. The fraction of sp³-hybridized carbons (Fsp3) is 0.333. The molecule has 0 aliphatic carbocycles. The zero-order chi connectivity index (χ0) is 23.5. The van der Waals surface area contributed by atoms with Gasteiger partial charge in [0, 0.05) is 42.0 Å². The third kappa shape index (κ3) is 3.36. The summed E-state index contributed by atoms with van der Waals surface area (Å²) in [7, 11) is 0. The van der Waals surface area contributed by atoms with Gasteiger partial charge in [-0.2, -0.15) is 0 Å². The van der Waals surface area contributed by atoms with Crippen molar-refractivity contribution in [1.29, 1.82) is 0 Å². The SMILES string of the molecule is CC(=O)C[C@H]1[C@@H](O)[C@@]2(Cc3c(cc(O)c4c(=O)cc(-c5ccc(O)cc5)oc34)O2)O[C@@H]1CO. The number of aliphatic hydroxyl groups excluding tert-OH is 2. The molecule has 0 unspecified atom stereocenters. The standard InChI is InChI=1S/C24H22O9/c1-11(26)6-14-20(10-25)33-24(23(14)30)9-15-19(32-24)8-17(29)21-16(28)7-18(31-22(15)21)12-2-4-13(27)5-3-12/h2-5,7-8,14,20,23,25,27,29-30H,6,9-10H2,1H3/t14-,20-,23-,24-/m1/s1. The Morgan fingerprint density at radius 1 is 1.18 bits per heavy atom. The van der Waals surface area contributed by atoms with Gasteiger partial charge in [-0.1, -0.05) is 0 Å². The second-order valence-corrected chi connectivity index (χ2v) is 8.54. The highest BCUT2D eigenvalue weighted by Gasteiger charge is 2.59. The van der Waals surface area contributed by atoms with E-state index in [1.54, 1.807) is 12.1 Å². The van der Waals surface area contributed by atoms with Crippen LogP contribution in [0.5, 0.6) is 17.2 Å². The Bertz CT molecular complexity index is 1310. The van der Waals surface area contributed by atoms with Crippen LogP contribution in [0.2, 0.25) is 0 Å². The first-order valence-corrected chi connectivity index (χ1v) is 10.5. The van der Waals surface area contributed by atoms with E-state index in [0.717, 1.165) is 0 Å². The molecule has 0 bridgehead atoms. The number of phenolic OH excluding ortho intramolecular Hbond substituents is 2. The monoisotopic (exact) mass is 454 g/mol. The van der Waals surface area contributed by atoms with Gasteiger partial charge in [0.1, 0.15) is 45.9 Å². The zero-order valence-corrected chi connectivity index (χ0v) is 17.6.